The molecule has 0 aromatic heterocycles. The van der Waals surface area contributed by atoms with Crippen molar-refractivity contribution >= 4 is 17.8 Å². The average Bonchev–Trinajstić information content (AvgIpc) is 3.67. The van der Waals surface area contributed by atoms with Crippen LogP contribution in [0.1, 0.15) is 73.5 Å². The van der Waals surface area contributed by atoms with E-state index in [1.165, 1.54) is 13.0 Å². The summed E-state index contributed by atoms with van der Waals surface area (Å²) in [4.78, 5) is 28.8. The van der Waals surface area contributed by atoms with E-state index in [2.05, 4.69) is 0 Å². The van der Waals surface area contributed by atoms with Crippen LogP contribution >= 0.6 is 0 Å². The Labute approximate surface area is 485 Å². The van der Waals surface area contributed by atoms with Crippen LogP contribution in [0.5, 0.6) is 23.0 Å². The van der Waals surface area contributed by atoms with Crippen LogP contribution in [0, 0.1) is 0 Å². The van der Waals surface area contributed by atoms with Crippen LogP contribution < -0.4 is 18.9 Å². The molecule has 1 aliphatic heterocycles. The molecule has 1 saturated heterocycles. The zero-order valence-electron chi connectivity index (χ0n) is 46.3. The summed E-state index contributed by atoms with van der Waals surface area (Å²) in [6.45, 7) is 2.62. The fraction of sp³-hybridized carbons (Fsp3) is 0.194. The molecule has 0 bridgehead atoms. The summed E-state index contributed by atoms with van der Waals surface area (Å²) in [5, 5.41) is 0. The number of carbonyl (C=O) groups is 2. The van der Waals surface area contributed by atoms with E-state index in [0.717, 1.165) is 44.5 Å². The molecule has 0 amide bonds. The van der Waals surface area contributed by atoms with E-state index in [4.69, 9.17) is 42.6 Å². The first-order chi connectivity index (χ1) is 40.9. The van der Waals surface area contributed by atoms with Crippen molar-refractivity contribution in [3.05, 3.63) is 304 Å². The van der Waals surface area contributed by atoms with Crippen LogP contribution in [-0.4, -0.2) is 42.8 Å². The average molecular weight is 1110 g/mol. The van der Waals surface area contributed by atoms with Crippen LogP contribution in [0.2, 0.25) is 0 Å². The molecule has 1 aliphatic rings. The van der Waals surface area contributed by atoms with E-state index in [9.17, 15) is 4.79 Å². The SMILES string of the molecule is CC(=O)Oc1cc(OCc2ccccc2)c(C2OC(COCc3ccccc3)C(OCc3ccccc3)C(OCc3ccccc3)C2OCc2ccccc2)c(OCc2ccccc2)c1C(=O)/C=C/c1ccc(OCc2ccccc2)cc1. The number of benzene rings is 9. The molecule has 9 aromatic carbocycles. The molecule has 1 fully saturated rings. The Balaban J connectivity index is 1.14. The lowest BCUT2D eigenvalue weighted by Crippen LogP contribution is -2.58. The molecule has 9 aromatic rings. The Bertz CT molecular complexity index is 3440. The van der Waals surface area contributed by atoms with Gasteiger partial charge in [0.2, 0.25) is 0 Å². The lowest BCUT2D eigenvalue weighted by molar-refractivity contribution is -0.275. The highest BCUT2D eigenvalue weighted by Crippen LogP contribution is 2.50. The van der Waals surface area contributed by atoms with E-state index >= 15 is 4.79 Å². The Hall–Kier alpha value is -8.94. The largest absolute Gasteiger partial charge is 0.489 e. The second kappa shape index (κ2) is 29.7. The number of allylic oxidation sites excluding steroid dienone is 1. The third-order valence-corrected chi connectivity index (χ3v) is 13.9. The molecule has 0 N–H and O–H groups in total. The van der Waals surface area contributed by atoms with Gasteiger partial charge in [-0.05, 0) is 62.7 Å². The second-order valence-electron chi connectivity index (χ2n) is 20.1. The Morgan fingerprint density at radius 2 is 0.843 bits per heavy atom. The van der Waals surface area contributed by atoms with Crippen LogP contribution in [0.3, 0.4) is 0 Å². The molecule has 5 atom stereocenters. The molecule has 83 heavy (non-hydrogen) atoms. The quantitative estimate of drug-likeness (QED) is 0.0212. The summed E-state index contributed by atoms with van der Waals surface area (Å²) >= 11 is 0. The summed E-state index contributed by atoms with van der Waals surface area (Å²) in [7, 11) is 0. The maximum absolute atomic E-state index is 15.5. The number of hydrogen-bond donors (Lipinski definition) is 0. The number of hydrogen-bond acceptors (Lipinski definition) is 11. The summed E-state index contributed by atoms with van der Waals surface area (Å²) in [6.07, 6.45) is -1.49. The van der Waals surface area contributed by atoms with E-state index in [1.807, 2.05) is 237 Å². The van der Waals surface area contributed by atoms with Crippen molar-refractivity contribution in [2.24, 2.45) is 0 Å². The molecule has 0 saturated carbocycles. The van der Waals surface area contributed by atoms with E-state index in [1.54, 1.807) is 12.1 Å². The van der Waals surface area contributed by atoms with Gasteiger partial charge in [0.25, 0.3) is 0 Å². The Morgan fingerprint density at radius 1 is 0.434 bits per heavy atom. The topological polar surface area (TPSA) is 117 Å². The number of ether oxygens (including phenoxy) is 9. The molecule has 0 spiro atoms. The number of carbonyl (C=O) groups excluding carboxylic acids is 2. The lowest BCUT2D eigenvalue weighted by Gasteiger charge is -2.47. The molecule has 0 aliphatic carbocycles. The molecule has 420 valence electrons. The van der Waals surface area contributed by atoms with Crippen molar-refractivity contribution in [3.8, 4) is 23.0 Å². The van der Waals surface area contributed by atoms with E-state index in [0.29, 0.717) is 17.9 Å². The van der Waals surface area contributed by atoms with Gasteiger partial charge in [-0.3, -0.25) is 9.59 Å². The smallest absolute Gasteiger partial charge is 0.308 e. The van der Waals surface area contributed by atoms with Gasteiger partial charge in [0.1, 0.15) is 78.9 Å². The Morgan fingerprint density at radius 3 is 1.31 bits per heavy atom. The third kappa shape index (κ3) is 16.4. The highest BCUT2D eigenvalue weighted by atomic mass is 16.6. The van der Waals surface area contributed by atoms with Gasteiger partial charge in [0.15, 0.2) is 5.78 Å². The van der Waals surface area contributed by atoms with Gasteiger partial charge in [0, 0.05) is 13.0 Å². The maximum atomic E-state index is 15.5. The summed E-state index contributed by atoms with van der Waals surface area (Å²) in [5.41, 5.74) is 7.44. The minimum absolute atomic E-state index is 0.00739. The van der Waals surface area contributed by atoms with Gasteiger partial charge in [-0.25, -0.2) is 0 Å². The van der Waals surface area contributed by atoms with Crippen molar-refractivity contribution in [2.75, 3.05) is 6.61 Å². The van der Waals surface area contributed by atoms with Crippen molar-refractivity contribution in [2.45, 2.75) is 83.7 Å². The predicted molar refractivity (Wildman–Crippen MR) is 319 cm³/mol. The summed E-state index contributed by atoms with van der Waals surface area (Å²) < 4.78 is 61.9. The second-order valence-corrected chi connectivity index (χ2v) is 20.1. The molecule has 1 heterocycles. The third-order valence-electron chi connectivity index (χ3n) is 13.9. The van der Waals surface area contributed by atoms with Crippen molar-refractivity contribution < 1.29 is 52.2 Å². The highest BCUT2D eigenvalue weighted by molar-refractivity contribution is 6.11. The zero-order chi connectivity index (χ0) is 56.8. The van der Waals surface area contributed by atoms with Crippen LogP contribution in [0.15, 0.2) is 249 Å². The van der Waals surface area contributed by atoms with Gasteiger partial charge < -0.3 is 42.6 Å². The minimum Gasteiger partial charge on any atom is -0.489 e. The summed E-state index contributed by atoms with van der Waals surface area (Å²) in [5.74, 6) is -0.318. The first-order valence-electron chi connectivity index (χ1n) is 27.9. The van der Waals surface area contributed by atoms with Crippen LogP contribution in [-0.2, 0) is 74.7 Å². The molecule has 10 rings (SSSR count). The first-order valence-corrected chi connectivity index (χ1v) is 27.9. The Kier molecular flexibility index (Phi) is 20.5. The molecule has 11 heteroatoms. The van der Waals surface area contributed by atoms with Gasteiger partial charge in [0.05, 0.1) is 38.6 Å². The number of ketones is 1. The van der Waals surface area contributed by atoms with Crippen LogP contribution in [0.4, 0.5) is 0 Å². The van der Waals surface area contributed by atoms with Gasteiger partial charge in [-0.2, -0.15) is 0 Å². The fourth-order valence-electron chi connectivity index (χ4n) is 9.79. The van der Waals surface area contributed by atoms with Crippen molar-refractivity contribution in [1.29, 1.82) is 0 Å². The monoisotopic (exact) mass is 1110 g/mol. The molecular weight excluding hydrogens is 1040 g/mol. The number of esters is 1. The van der Waals surface area contributed by atoms with Gasteiger partial charge in [-0.15, -0.1) is 0 Å². The van der Waals surface area contributed by atoms with Gasteiger partial charge in [-0.1, -0.05) is 231 Å². The lowest BCUT2D eigenvalue weighted by atomic mass is 9.87. The number of rotatable bonds is 27. The normalized spacial score (nSPS) is 16.7. The fourth-order valence-corrected chi connectivity index (χ4v) is 9.79. The van der Waals surface area contributed by atoms with Gasteiger partial charge >= 0.3 is 5.97 Å². The van der Waals surface area contributed by atoms with Crippen molar-refractivity contribution in [1.82, 2.24) is 0 Å². The maximum Gasteiger partial charge on any atom is 0.308 e. The van der Waals surface area contributed by atoms with Crippen LogP contribution in [0.25, 0.3) is 6.08 Å². The van der Waals surface area contributed by atoms with Crippen molar-refractivity contribution in [3.63, 3.8) is 0 Å². The van der Waals surface area contributed by atoms with E-state index in [-0.39, 0.29) is 69.1 Å². The summed E-state index contributed by atoms with van der Waals surface area (Å²) in [6, 6.07) is 77.9. The van der Waals surface area contributed by atoms with E-state index < -0.39 is 42.3 Å². The minimum atomic E-state index is -1.14. The zero-order valence-corrected chi connectivity index (χ0v) is 46.3. The molecule has 0 radical (unpaired) electrons. The standard InChI is InChI=1S/C72H66O11/c1-52(73)82-64-43-63(77-46-56-27-13-4-14-28-56)67(69(79-48-58-31-17-6-18-32-58)66(64)62(74)42-39-53-37-40-61(41-38-53)76-45-55-25-11-3-12-26-55)70-72(81-50-60-35-21-8-22-36-60)71(80-49-59-33-19-7-20-34-59)68(78-47-57-29-15-5-16-30-57)65(83-70)51-75-44-54-23-9-2-10-24-54/h2-43,65,68,70-72H,44-51H2,1H3/b42-39+. The molecule has 5 unspecified atom stereocenters. The predicted octanol–water partition coefficient (Wildman–Crippen LogP) is 14.7. The first kappa shape index (κ1) is 57.3. The molecule has 11 nitrogen and oxygen atoms in total. The molecular formula is C72H66O11. The highest BCUT2D eigenvalue weighted by Gasteiger charge is 2.51.